The first kappa shape index (κ1) is 20.9. The van der Waals surface area contributed by atoms with Crippen LogP contribution in [0.25, 0.3) is 0 Å². The molecule has 1 N–H and O–H groups in total. The van der Waals surface area contributed by atoms with E-state index in [1.54, 1.807) is 25.1 Å². The predicted molar refractivity (Wildman–Crippen MR) is 114 cm³/mol. The Kier molecular flexibility index (Phi) is 5.64. The van der Waals surface area contributed by atoms with E-state index in [2.05, 4.69) is 5.32 Å². The molecule has 6 nitrogen and oxygen atoms in total. The van der Waals surface area contributed by atoms with Gasteiger partial charge in [-0.25, -0.2) is 0 Å². The van der Waals surface area contributed by atoms with Gasteiger partial charge in [0.2, 0.25) is 0 Å². The fourth-order valence-corrected chi connectivity index (χ4v) is 4.33. The van der Waals surface area contributed by atoms with Crippen LogP contribution < -0.4 is 10.1 Å². The smallest absolute Gasteiger partial charge is 0.291 e. The molecule has 1 atom stereocenters. The van der Waals surface area contributed by atoms with Gasteiger partial charge >= 0.3 is 0 Å². The van der Waals surface area contributed by atoms with E-state index < -0.39 is 5.91 Å². The Morgan fingerprint density at radius 2 is 2.13 bits per heavy atom. The van der Waals surface area contributed by atoms with Crippen molar-refractivity contribution in [3.63, 3.8) is 0 Å². The van der Waals surface area contributed by atoms with E-state index in [1.165, 1.54) is 0 Å². The van der Waals surface area contributed by atoms with Gasteiger partial charge in [-0.3, -0.25) is 9.59 Å². The molecule has 1 saturated heterocycles. The van der Waals surface area contributed by atoms with Gasteiger partial charge in [0.25, 0.3) is 5.91 Å². The lowest BCUT2D eigenvalue weighted by Gasteiger charge is -2.27. The van der Waals surface area contributed by atoms with Crippen molar-refractivity contribution >= 4 is 29.0 Å². The Bertz CT molecular complexity index is 988. The van der Waals surface area contributed by atoms with E-state index in [0.717, 1.165) is 19.4 Å². The lowest BCUT2D eigenvalue weighted by Crippen LogP contribution is -2.26. The molecule has 0 bridgehead atoms. The van der Waals surface area contributed by atoms with E-state index >= 15 is 0 Å². The molecule has 0 spiro atoms. The third kappa shape index (κ3) is 4.25. The zero-order valence-electron chi connectivity index (χ0n) is 17.5. The minimum Gasteiger partial charge on any atom is -0.489 e. The van der Waals surface area contributed by atoms with Gasteiger partial charge in [-0.05, 0) is 43.4 Å². The van der Waals surface area contributed by atoms with E-state index in [4.69, 9.17) is 25.5 Å². The van der Waals surface area contributed by atoms with Gasteiger partial charge in [0, 0.05) is 30.0 Å². The quantitative estimate of drug-likeness (QED) is 0.703. The zero-order chi connectivity index (χ0) is 21.5. The highest BCUT2D eigenvalue weighted by atomic mass is 35.5. The number of nitrogens with one attached hydrogen (secondary N) is 1. The van der Waals surface area contributed by atoms with Crippen LogP contribution in [0.15, 0.2) is 22.6 Å². The molecule has 2 aromatic rings. The number of anilines is 1. The second-order valence-electron chi connectivity index (χ2n) is 8.84. The average Bonchev–Trinajstić information content (AvgIpc) is 3.28. The fourth-order valence-electron chi connectivity index (χ4n) is 4.16. The van der Waals surface area contributed by atoms with Gasteiger partial charge in [0.05, 0.1) is 17.4 Å². The van der Waals surface area contributed by atoms with Crippen LogP contribution in [0.3, 0.4) is 0 Å². The molecular weight excluding hydrogens is 406 g/mol. The fraction of sp³-hybridized carbons (Fsp3) is 0.478. The predicted octanol–water partition coefficient (Wildman–Crippen LogP) is 5.21. The first-order valence-corrected chi connectivity index (χ1v) is 10.6. The van der Waals surface area contributed by atoms with E-state index in [0.29, 0.717) is 52.8 Å². The number of fused-ring (bicyclic) bond motifs is 1. The van der Waals surface area contributed by atoms with Gasteiger partial charge in [-0.1, -0.05) is 25.4 Å². The molecule has 0 radical (unpaired) electrons. The molecule has 1 aliphatic carbocycles. The highest BCUT2D eigenvalue weighted by molar-refractivity contribution is 6.31. The maximum atomic E-state index is 13.0. The minimum atomic E-state index is -0.434. The molecule has 0 unspecified atom stereocenters. The van der Waals surface area contributed by atoms with Crippen molar-refractivity contribution in [2.45, 2.75) is 52.6 Å². The second kappa shape index (κ2) is 8.08. The number of carbonyl (C=O) groups is 2. The molecule has 1 fully saturated rings. The first-order valence-electron chi connectivity index (χ1n) is 10.2. The molecule has 160 valence electrons. The lowest BCUT2D eigenvalue weighted by molar-refractivity contribution is 0.0681. The topological polar surface area (TPSA) is 77.8 Å². The van der Waals surface area contributed by atoms with Gasteiger partial charge in [-0.15, -0.1) is 0 Å². The average molecular weight is 432 g/mol. The summed E-state index contributed by atoms with van der Waals surface area (Å²) < 4.78 is 17.3. The highest BCUT2D eigenvalue weighted by Crippen LogP contribution is 2.39. The maximum absolute atomic E-state index is 13.0. The van der Waals surface area contributed by atoms with Crippen LogP contribution >= 0.6 is 11.6 Å². The third-order valence-electron chi connectivity index (χ3n) is 5.62. The number of carbonyl (C=O) groups excluding carboxylic acids is 2. The van der Waals surface area contributed by atoms with Crippen molar-refractivity contribution in [1.82, 2.24) is 0 Å². The van der Waals surface area contributed by atoms with Crippen LogP contribution in [0.4, 0.5) is 5.69 Å². The van der Waals surface area contributed by atoms with Crippen molar-refractivity contribution in [3.05, 3.63) is 45.9 Å². The minimum absolute atomic E-state index is 0.0184. The third-order valence-corrected chi connectivity index (χ3v) is 5.86. The number of hydrogen-bond acceptors (Lipinski definition) is 5. The molecular formula is C23H26ClNO5. The summed E-state index contributed by atoms with van der Waals surface area (Å²) in [6.45, 7) is 6.95. The summed E-state index contributed by atoms with van der Waals surface area (Å²) in [5.41, 5.74) is 1.39. The SMILES string of the molecule is Cc1c(C(=O)Nc2cc(Cl)ccc2OC[C@@H]2CCCO2)oc2c1C(=O)CC(C)(C)C2. The molecule has 4 rings (SSSR count). The van der Waals surface area contributed by atoms with Gasteiger partial charge in [0.15, 0.2) is 11.5 Å². The summed E-state index contributed by atoms with van der Waals surface area (Å²) in [6.07, 6.45) is 3.09. The van der Waals surface area contributed by atoms with Crippen molar-refractivity contribution in [2.75, 3.05) is 18.5 Å². The zero-order valence-corrected chi connectivity index (χ0v) is 18.2. The van der Waals surface area contributed by atoms with Crippen LogP contribution in [0, 0.1) is 12.3 Å². The standard InChI is InChI=1S/C23H26ClNO5/c1-13-20-17(26)10-23(2,3)11-19(20)30-21(13)22(27)25-16-9-14(24)6-7-18(16)29-12-15-5-4-8-28-15/h6-7,9,15H,4-5,8,10-12H2,1-3H3,(H,25,27)/t15-/m0/s1. The number of amides is 1. The number of furan rings is 1. The molecule has 1 aromatic heterocycles. The van der Waals surface area contributed by atoms with Gasteiger partial charge < -0.3 is 19.2 Å². The van der Waals surface area contributed by atoms with Gasteiger partial charge in [-0.2, -0.15) is 0 Å². The number of benzene rings is 1. The Morgan fingerprint density at radius 1 is 1.33 bits per heavy atom. The molecule has 0 saturated carbocycles. The summed E-state index contributed by atoms with van der Waals surface area (Å²) >= 11 is 6.14. The number of ketones is 1. The number of rotatable bonds is 5. The van der Waals surface area contributed by atoms with Crippen molar-refractivity contribution in [1.29, 1.82) is 0 Å². The lowest BCUT2D eigenvalue weighted by atomic mass is 9.76. The molecule has 1 amide bonds. The van der Waals surface area contributed by atoms with Crippen LogP contribution in [0.2, 0.25) is 5.02 Å². The van der Waals surface area contributed by atoms with Crippen molar-refractivity contribution in [2.24, 2.45) is 5.41 Å². The van der Waals surface area contributed by atoms with Crippen molar-refractivity contribution in [3.8, 4) is 5.75 Å². The number of ether oxygens (including phenoxy) is 2. The summed E-state index contributed by atoms with van der Waals surface area (Å²) in [5, 5.41) is 3.31. The number of Topliss-reactive ketones (excluding diaryl/α,β-unsaturated/α-hetero) is 1. The van der Waals surface area contributed by atoms with E-state index in [-0.39, 0.29) is 23.1 Å². The highest BCUT2D eigenvalue weighted by Gasteiger charge is 2.37. The van der Waals surface area contributed by atoms with Crippen LogP contribution in [-0.4, -0.2) is 31.0 Å². The maximum Gasteiger partial charge on any atom is 0.291 e. The molecule has 2 aliphatic rings. The van der Waals surface area contributed by atoms with Crippen LogP contribution in [0.1, 0.15) is 65.3 Å². The van der Waals surface area contributed by atoms with Crippen LogP contribution in [0.5, 0.6) is 5.75 Å². The Morgan fingerprint density at radius 3 is 2.87 bits per heavy atom. The molecule has 2 heterocycles. The summed E-state index contributed by atoms with van der Waals surface area (Å²) in [7, 11) is 0. The molecule has 1 aliphatic heterocycles. The summed E-state index contributed by atoms with van der Waals surface area (Å²) in [4.78, 5) is 25.6. The molecule has 1 aromatic carbocycles. The summed E-state index contributed by atoms with van der Waals surface area (Å²) in [5.74, 6) is 0.826. The molecule has 30 heavy (non-hydrogen) atoms. The largest absolute Gasteiger partial charge is 0.489 e. The molecule has 7 heteroatoms. The van der Waals surface area contributed by atoms with E-state index in [9.17, 15) is 9.59 Å². The second-order valence-corrected chi connectivity index (χ2v) is 9.27. The van der Waals surface area contributed by atoms with E-state index in [1.807, 2.05) is 13.8 Å². The Hall–Kier alpha value is -2.31. The Balaban J connectivity index is 1.56. The summed E-state index contributed by atoms with van der Waals surface area (Å²) in [6, 6.07) is 5.06. The first-order chi connectivity index (χ1) is 14.2. The number of hydrogen-bond donors (Lipinski definition) is 1. The number of halogens is 1. The van der Waals surface area contributed by atoms with Gasteiger partial charge in [0.1, 0.15) is 18.1 Å². The Labute approximate surface area is 180 Å². The normalized spacial score (nSPS) is 20.1. The monoisotopic (exact) mass is 431 g/mol. The van der Waals surface area contributed by atoms with Crippen molar-refractivity contribution < 1.29 is 23.5 Å². The van der Waals surface area contributed by atoms with Crippen LogP contribution in [-0.2, 0) is 11.2 Å².